The first-order valence-corrected chi connectivity index (χ1v) is 9.70. The second-order valence-electron chi connectivity index (χ2n) is 7.04. The monoisotopic (exact) mass is 371 g/mol. The lowest BCUT2D eigenvalue weighted by atomic mass is 10.0. The molecule has 0 fully saturated rings. The van der Waals surface area contributed by atoms with Crippen molar-refractivity contribution in [3.63, 3.8) is 0 Å². The van der Waals surface area contributed by atoms with Crippen molar-refractivity contribution in [1.82, 2.24) is 4.90 Å². The van der Waals surface area contributed by atoms with Crippen LogP contribution in [-0.2, 0) is 0 Å². The van der Waals surface area contributed by atoms with Crippen molar-refractivity contribution in [3.05, 3.63) is 71.3 Å². The van der Waals surface area contributed by atoms with Crippen LogP contribution in [0, 0.1) is 11.3 Å². The number of nitriles is 1. The van der Waals surface area contributed by atoms with E-state index in [0.717, 1.165) is 16.0 Å². The Kier molecular flexibility index (Phi) is 4.47. The topological polar surface area (TPSA) is 30.3 Å². The Bertz CT molecular complexity index is 1110. The van der Waals surface area contributed by atoms with Gasteiger partial charge in [0.05, 0.1) is 18.2 Å². The average molecular weight is 372 g/mol. The quantitative estimate of drug-likeness (QED) is 0.620. The second kappa shape index (κ2) is 6.94. The summed E-state index contributed by atoms with van der Waals surface area (Å²) < 4.78 is 0. The summed E-state index contributed by atoms with van der Waals surface area (Å²) in [5, 5.41) is 12.0. The van der Waals surface area contributed by atoms with Gasteiger partial charge < -0.3 is 9.80 Å². The van der Waals surface area contributed by atoms with E-state index in [4.69, 9.17) is 0 Å². The Morgan fingerprint density at radius 1 is 1.00 bits per heavy atom. The minimum Gasteiger partial charge on any atom is -0.378 e. The van der Waals surface area contributed by atoms with Gasteiger partial charge in [0.15, 0.2) is 0 Å². The predicted octanol–water partition coefficient (Wildman–Crippen LogP) is 5.37. The Hall–Kier alpha value is -3.03. The fraction of sp³-hybridized carbons (Fsp3) is 0.174. The lowest BCUT2D eigenvalue weighted by Crippen LogP contribution is -2.17. The van der Waals surface area contributed by atoms with Gasteiger partial charge in [0.2, 0.25) is 0 Å². The minimum atomic E-state index is 0.666. The van der Waals surface area contributed by atoms with Crippen LogP contribution >= 0.6 is 11.3 Å². The smallest absolute Gasteiger partial charge is 0.0972 e. The highest BCUT2D eigenvalue weighted by Gasteiger charge is 2.15. The molecule has 134 valence electrons. The predicted molar refractivity (Wildman–Crippen MR) is 116 cm³/mol. The van der Waals surface area contributed by atoms with Crippen LogP contribution in [0.15, 0.2) is 66.4 Å². The molecule has 3 aromatic rings. The number of allylic oxidation sites excluding steroid dienone is 2. The van der Waals surface area contributed by atoms with Gasteiger partial charge in [-0.25, -0.2) is 0 Å². The van der Waals surface area contributed by atoms with Crippen molar-refractivity contribution in [2.45, 2.75) is 0 Å². The van der Waals surface area contributed by atoms with E-state index >= 15 is 0 Å². The van der Waals surface area contributed by atoms with Gasteiger partial charge in [0.25, 0.3) is 0 Å². The van der Waals surface area contributed by atoms with E-state index in [9.17, 15) is 5.26 Å². The molecular formula is C23H21N3S. The molecule has 0 N–H and O–H groups in total. The molecule has 0 saturated heterocycles. The number of thiophene rings is 1. The molecule has 0 amide bonds. The molecule has 1 aromatic heterocycles. The Balaban J connectivity index is 1.70. The SMILES string of the molecule is CN1C=CC(c2ccc(-c3ccc4cc(N(C)C)ccc4c3)s2)=C(C#N)C1. The molecule has 1 aliphatic rings. The fourth-order valence-electron chi connectivity index (χ4n) is 3.32. The number of anilines is 1. The van der Waals surface area contributed by atoms with E-state index in [1.54, 1.807) is 11.3 Å². The highest BCUT2D eigenvalue weighted by Crippen LogP contribution is 2.36. The molecule has 2 heterocycles. The van der Waals surface area contributed by atoms with Crippen LogP contribution in [0.1, 0.15) is 4.88 Å². The van der Waals surface area contributed by atoms with Crippen LogP contribution in [0.3, 0.4) is 0 Å². The summed E-state index contributed by atoms with van der Waals surface area (Å²) in [5.74, 6) is 0. The van der Waals surface area contributed by atoms with Crippen LogP contribution < -0.4 is 4.90 Å². The highest BCUT2D eigenvalue weighted by molar-refractivity contribution is 7.16. The van der Waals surface area contributed by atoms with Gasteiger partial charge >= 0.3 is 0 Å². The summed E-state index contributed by atoms with van der Waals surface area (Å²) in [6.07, 6.45) is 4.08. The zero-order valence-electron chi connectivity index (χ0n) is 15.7. The third-order valence-corrected chi connectivity index (χ3v) is 6.03. The fourth-order valence-corrected chi connectivity index (χ4v) is 4.37. The van der Waals surface area contributed by atoms with Crippen molar-refractivity contribution < 1.29 is 0 Å². The highest BCUT2D eigenvalue weighted by atomic mass is 32.1. The third-order valence-electron chi connectivity index (χ3n) is 4.86. The lowest BCUT2D eigenvalue weighted by molar-refractivity contribution is 0.498. The summed E-state index contributed by atoms with van der Waals surface area (Å²) in [7, 11) is 6.11. The number of hydrogen-bond acceptors (Lipinski definition) is 4. The molecule has 3 nitrogen and oxygen atoms in total. The molecule has 0 radical (unpaired) electrons. The average Bonchev–Trinajstić information content (AvgIpc) is 3.16. The number of benzene rings is 2. The molecule has 4 rings (SSSR count). The van der Waals surface area contributed by atoms with Crippen molar-refractivity contribution in [1.29, 1.82) is 5.26 Å². The van der Waals surface area contributed by atoms with Gasteiger partial charge in [-0.1, -0.05) is 18.2 Å². The number of hydrogen-bond donors (Lipinski definition) is 0. The maximum Gasteiger partial charge on any atom is 0.0972 e. The molecule has 0 saturated carbocycles. The minimum absolute atomic E-state index is 0.666. The van der Waals surface area contributed by atoms with Crippen molar-refractivity contribution in [3.8, 4) is 16.5 Å². The number of fused-ring (bicyclic) bond motifs is 1. The van der Waals surface area contributed by atoms with Gasteiger partial charge in [0, 0.05) is 42.2 Å². The van der Waals surface area contributed by atoms with Crippen LogP contribution in [0.4, 0.5) is 5.69 Å². The van der Waals surface area contributed by atoms with Gasteiger partial charge in [-0.05, 0) is 58.9 Å². The molecule has 0 unspecified atom stereocenters. The molecule has 1 aliphatic heterocycles. The summed E-state index contributed by atoms with van der Waals surface area (Å²) in [6.45, 7) is 0.666. The van der Waals surface area contributed by atoms with E-state index < -0.39 is 0 Å². The molecule has 27 heavy (non-hydrogen) atoms. The molecule has 0 spiro atoms. The van der Waals surface area contributed by atoms with Crippen LogP contribution in [-0.4, -0.2) is 32.6 Å². The first-order valence-electron chi connectivity index (χ1n) is 8.88. The molecule has 0 aliphatic carbocycles. The van der Waals surface area contributed by atoms with Crippen molar-refractivity contribution in [2.75, 3.05) is 32.6 Å². The zero-order valence-corrected chi connectivity index (χ0v) is 16.5. The lowest BCUT2D eigenvalue weighted by Gasteiger charge is -2.19. The summed E-state index contributed by atoms with van der Waals surface area (Å²) in [4.78, 5) is 6.52. The second-order valence-corrected chi connectivity index (χ2v) is 8.12. The molecular weight excluding hydrogens is 350 g/mol. The number of likely N-dealkylation sites (N-methyl/N-ethyl adjacent to an activating group) is 1. The van der Waals surface area contributed by atoms with Crippen LogP contribution in [0.5, 0.6) is 0 Å². The van der Waals surface area contributed by atoms with E-state index in [1.807, 2.05) is 24.2 Å². The maximum atomic E-state index is 9.48. The van der Waals surface area contributed by atoms with E-state index in [-0.39, 0.29) is 0 Å². The van der Waals surface area contributed by atoms with Crippen LogP contribution in [0.2, 0.25) is 0 Å². The Morgan fingerprint density at radius 2 is 1.74 bits per heavy atom. The summed E-state index contributed by atoms with van der Waals surface area (Å²) >= 11 is 1.74. The van der Waals surface area contributed by atoms with Crippen molar-refractivity contribution >= 4 is 33.4 Å². The normalized spacial score (nSPS) is 13.9. The maximum absolute atomic E-state index is 9.48. The van der Waals surface area contributed by atoms with E-state index in [1.165, 1.54) is 26.9 Å². The molecule has 0 atom stereocenters. The molecule has 2 aromatic carbocycles. The standard InChI is InChI=1S/C23H21N3S/c1-25(2)20-7-6-16-12-18(5-4-17(16)13-20)22-8-9-23(27-22)21-10-11-26(3)15-19(21)14-24/h4-13H,15H2,1-3H3. The van der Waals surface area contributed by atoms with E-state index in [0.29, 0.717) is 6.54 Å². The number of nitrogens with zero attached hydrogens (tertiary/aromatic N) is 3. The summed E-state index contributed by atoms with van der Waals surface area (Å²) in [6, 6.07) is 19.8. The van der Waals surface area contributed by atoms with Gasteiger partial charge in [0.1, 0.15) is 0 Å². The molecule has 0 bridgehead atoms. The first kappa shape index (κ1) is 17.4. The number of rotatable bonds is 3. The van der Waals surface area contributed by atoms with Crippen LogP contribution in [0.25, 0.3) is 26.8 Å². The van der Waals surface area contributed by atoms with Crippen molar-refractivity contribution in [2.24, 2.45) is 0 Å². The Labute approximate surface area is 164 Å². The third kappa shape index (κ3) is 3.34. The molecule has 4 heteroatoms. The van der Waals surface area contributed by atoms with Gasteiger partial charge in [-0.2, -0.15) is 5.26 Å². The van der Waals surface area contributed by atoms with E-state index in [2.05, 4.69) is 73.6 Å². The Morgan fingerprint density at radius 3 is 2.52 bits per heavy atom. The summed E-state index contributed by atoms with van der Waals surface area (Å²) in [5.41, 5.74) is 4.29. The van der Waals surface area contributed by atoms with Gasteiger partial charge in [-0.3, -0.25) is 0 Å². The first-order chi connectivity index (χ1) is 13.0. The van der Waals surface area contributed by atoms with Gasteiger partial charge in [-0.15, -0.1) is 11.3 Å². The largest absolute Gasteiger partial charge is 0.378 e. The zero-order chi connectivity index (χ0) is 19.0.